The van der Waals surface area contributed by atoms with Crippen LogP contribution in [0.3, 0.4) is 0 Å². The molecule has 0 saturated heterocycles. The smallest absolute Gasteiger partial charge is 0.227 e. The summed E-state index contributed by atoms with van der Waals surface area (Å²) in [7, 11) is 0. The van der Waals surface area contributed by atoms with E-state index in [1.54, 1.807) is 0 Å². The van der Waals surface area contributed by atoms with Crippen LogP contribution in [0.1, 0.15) is 5.56 Å². The van der Waals surface area contributed by atoms with Gasteiger partial charge in [-0.2, -0.15) is 0 Å². The van der Waals surface area contributed by atoms with Crippen molar-refractivity contribution in [2.24, 2.45) is 0 Å². The molecule has 3 aromatic carbocycles. The third-order valence-electron chi connectivity index (χ3n) is 5.40. The number of pyridine rings is 1. The van der Waals surface area contributed by atoms with Gasteiger partial charge in [-0.3, -0.25) is 4.57 Å². The van der Waals surface area contributed by atoms with Gasteiger partial charge in [-0.1, -0.05) is 42.5 Å². The number of fused-ring (bicyclic) bond motifs is 4. The van der Waals surface area contributed by atoms with Crippen LogP contribution >= 0.6 is 0 Å². The van der Waals surface area contributed by atoms with Crippen molar-refractivity contribution >= 4 is 33.1 Å². The molecule has 6 rings (SSSR count). The first kappa shape index (κ1) is 16.1. The molecule has 0 spiro atoms. The van der Waals surface area contributed by atoms with E-state index in [1.807, 2.05) is 54.7 Å². The highest BCUT2D eigenvalue weighted by atomic mass is 16.3. The van der Waals surface area contributed by atoms with E-state index in [0.29, 0.717) is 5.71 Å². The van der Waals surface area contributed by atoms with Crippen LogP contribution in [0.5, 0.6) is 0 Å². The molecular formula is C25H17N3O. The van der Waals surface area contributed by atoms with Gasteiger partial charge in [-0.05, 0) is 48.9 Å². The number of benzene rings is 3. The average molecular weight is 375 g/mol. The van der Waals surface area contributed by atoms with Gasteiger partial charge < -0.3 is 4.42 Å². The Labute approximate surface area is 167 Å². The highest BCUT2D eigenvalue weighted by Crippen LogP contribution is 2.34. The Kier molecular flexibility index (Phi) is 3.35. The lowest BCUT2D eigenvalue weighted by molar-refractivity contribution is 0.654. The molecule has 6 aromatic rings. The third kappa shape index (κ3) is 2.39. The first-order valence-electron chi connectivity index (χ1n) is 9.61. The molecule has 138 valence electrons. The van der Waals surface area contributed by atoms with Crippen molar-refractivity contribution in [1.29, 1.82) is 0 Å². The van der Waals surface area contributed by atoms with Crippen LogP contribution in [0.15, 0.2) is 89.5 Å². The number of furan rings is 1. The summed E-state index contributed by atoms with van der Waals surface area (Å²) in [6.45, 7) is 2.10. The molecule has 0 radical (unpaired) electrons. The summed E-state index contributed by atoms with van der Waals surface area (Å²) in [6, 6.07) is 26.8. The Bertz CT molecular complexity index is 1510. The van der Waals surface area contributed by atoms with Crippen molar-refractivity contribution < 1.29 is 4.42 Å². The summed E-state index contributed by atoms with van der Waals surface area (Å²) in [4.78, 5) is 9.57. The van der Waals surface area contributed by atoms with E-state index in [0.717, 1.165) is 44.5 Å². The van der Waals surface area contributed by atoms with Gasteiger partial charge in [0.25, 0.3) is 0 Å². The van der Waals surface area contributed by atoms with E-state index >= 15 is 0 Å². The van der Waals surface area contributed by atoms with E-state index in [1.165, 1.54) is 5.56 Å². The minimum Gasteiger partial charge on any atom is -0.438 e. The molecule has 3 aromatic heterocycles. The molecule has 0 saturated carbocycles. The Morgan fingerprint density at radius 3 is 2.59 bits per heavy atom. The summed E-state index contributed by atoms with van der Waals surface area (Å²) in [6.07, 6.45) is 1.85. The quantitative estimate of drug-likeness (QED) is 0.357. The van der Waals surface area contributed by atoms with Gasteiger partial charge in [0, 0.05) is 28.2 Å². The minimum atomic E-state index is 0.653. The maximum Gasteiger partial charge on any atom is 0.227 e. The molecule has 0 N–H and O–H groups in total. The SMILES string of the molecule is Cc1cccc2oc3ncc(-c4nc5ccccc5n4-c4ccccc4)cc3c12. The highest BCUT2D eigenvalue weighted by molar-refractivity contribution is 6.06. The van der Waals surface area contributed by atoms with Gasteiger partial charge in [-0.25, -0.2) is 9.97 Å². The fraction of sp³-hybridized carbons (Fsp3) is 0.0400. The number of rotatable bonds is 2. The number of para-hydroxylation sites is 3. The second kappa shape index (κ2) is 6.04. The summed E-state index contributed by atoms with van der Waals surface area (Å²) < 4.78 is 8.15. The van der Waals surface area contributed by atoms with E-state index < -0.39 is 0 Å². The fourth-order valence-corrected chi connectivity index (χ4v) is 4.07. The molecule has 4 heteroatoms. The molecule has 0 unspecified atom stereocenters. The van der Waals surface area contributed by atoms with Crippen LogP contribution in [-0.2, 0) is 0 Å². The molecule has 0 amide bonds. The Morgan fingerprint density at radius 1 is 0.862 bits per heavy atom. The van der Waals surface area contributed by atoms with Gasteiger partial charge in [0.05, 0.1) is 11.0 Å². The lowest BCUT2D eigenvalue weighted by Gasteiger charge is -2.09. The number of imidazole rings is 1. The van der Waals surface area contributed by atoms with E-state index in [2.05, 4.69) is 46.8 Å². The normalized spacial score (nSPS) is 11.6. The van der Waals surface area contributed by atoms with Crippen LogP contribution in [0.25, 0.3) is 50.2 Å². The lowest BCUT2D eigenvalue weighted by atomic mass is 10.1. The zero-order valence-electron chi connectivity index (χ0n) is 15.8. The minimum absolute atomic E-state index is 0.653. The maximum absolute atomic E-state index is 5.96. The standard InChI is InChI=1S/C25H17N3O/c1-16-8-7-13-22-23(16)19-14-17(15-26-25(19)29-22)24-27-20-11-5-6-12-21(20)28(24)18-9-3-2-4-10-18/h2-15H,1H3. The summed E-state index contributed by atoms with van der Waals surface area (Å²) in [5, 5.41) is 2.13. The number of nitrogens with zero attached hydrogens (tertiary/aromatic N) is 3. The van der Waals surface area contributed by atoms with Gasteiger partial charge >= 0.3 is 0 Å². The molecule has 3 heterocycles. The van der Waals surface area contributed by atoms with Crippen molar-refractivity contribution in [1.82, 2.24) is 14.5 Å². The van der Waals surface area contributed by atoms with Gasteiger partial charge in [0.2, 0.25) is 5.71 Å². The predicted molar refractivity (Wildman–Crippen MR) is 116 cm³/mol. The fourth-order valence-electron chi connectivity index (χ4n) is 4.07. The zero-order valence-corrected chi connectivity index (χ0v) is 15.8. The van der Waals surface area contributed by atoms with E-state index in [-0.39, 0.29) is 0 Å². The topological polar surface area (TPSA) is 43.9 Å². The van der Waals surface area contributed by atoms with Crippen molar-refractivity contribution in [3.8, 4) is 17.1 Å². The number of aromatic nitrogens is 3. The van der Waals surface area contributed by atoms with Crippen molar-refractivity contribution in [3.05, 3.63) is 90.6 Å². The van der Waals surface area contributed by atoms with Crippen molar-refractivity contribution in [2.75, 3.05) is 0 Å². The highest BCUT2D eigenvalue weighted by Gasteiger charge is 2.17. The molecule has 4 nitrogen and oxygen atoms in total. The van der Waals surface area contributed by atoms with E-state index in [9.17, 15) is 0 Å². The molecule has 0 aliphatic rings. The average Bonchev–Trinajstić information content (AvgIpc) is 3.33. The number of aryl methyl sites for hydroxylation is 1. The van der Waals surface area contributed by atoms with Crippen LogP contribution in [0.2, 0.25) is 0 Å². The summed E-state index contributed by atoms with van der Waals surface area (Å²) in [5.41, 5.74) is 6.76. The zero-order chi connectivity index (χ0) is 19.4. The first-order chi connectivity index (χ1) is 14.3. The van der Waals surface area contributed by atoms with Crippen LogP contribution in [0.4, 0.5) is 0 Å². The van der Waals surface area contributed by atoms with Crippen LogP contribution < -0.4 is 0 Å². The summed E-state index contributed by atoms with van der Waals surface area (Å²) >= 11 is 0. The Morgan fingerprint density at radius 2 is 1.69 bits per heavy atom. The largest absolute Gasteiger partial charge is 0.438 e. The predicted octanol–water partition coefficient (Wildman–Crippen LogP) is 6.30. The lowest BCUT2D eigenvalue weighted by Crippen LogP contribution is -1.97. The molecule has 29 heavy (non-hydrogen) atoms. The van der Waals surface area contributed by atoms with Crippen molar-refractivity contribution in [2.45, 2.75) is 6.92 Å². The Hall–Kier alpha value is -3.92. The molecule has 0 aliphatic heterocycles. The van der Waals surface area contributed by atoms with Gasteiger partial charge in [-0.15, -0.1) is 0 Å². The van der Waals surface area contributed by atoms with Crippen LogP contribution in [-0.4, -0.2) is 14.5 Å². The monoisotopic (exact) mass is 375 g/mol. The Balaban J connectivity index is 1.68. The molecule has 0 aliphatic carbocycles. The second-order valence-corrected chi connectivity index (χ2v) is 7.22. The second-order valence-electron chi connectivity index (χ2n) is 7.22. The van der Waals surface area contributed by atoms with Crippen LogP contribution in [0, 0.1) is 6.92 Å². The molecule has 0 atom stereocenters. The molecule has 0 fully saturated rings. The summed E-state index contributed by atoms with van der Waals surface area (Å²) in [5.74, 6) is 0.870. The van der Waals surface area contributed by atoms with Gasteiger partial charge in [0.15, 0.2) is 0 Å². The number of hydrogen-bond acceptors (Lipinski definition) is 3. The van der Waals surface area contributed by atoms with Gasteiger partial charge in [0.1, 0.15) is 11.4 Å². The molecular weight excluding hydrogens is 358 g/mol. The molecule has 0 bridgehead atoms. The first-order valence-corrected chi connectivity index (χ1v) is 9.61. The number of hydrogen-bond donors (Lipinski definition) is 0. The third-order valence-corrected chi connectivity index (χ3v) is 5.40. The van der Waals surface area contributed by atoms with E-state index in [4.69, 9.17) is 9.40 Å². The maximum atomic E-state index is 5.96. The van der Waals surface area contributed by atoms with Crippen molar-refractivity contribution in [3.63, 3.8) is 0 Å².